The van der Waals surface area contributed by atoms with Crippen molar-refractivity contribution in [3.63, 3.8) is 0 Å². The molecule has 4 heterocycles. The summed E-state index contributed by atoms with van der Waals surface area (Å²) in [5.41, 5.74) is 9.08. The molecule has 4 saturated carbocycles. The fraction of sp³-hybridized carbons (Fsp3) is 0.368. The maximum Gasteiger partial charge on any atom is 0.255 e. The van der Waals surface area contributed by atoms with E-state index in [1.807, 2.05) is 135 Å². The summed E-state index contributed by atoms with van der Waals surface area (Å²) in [6, 6.07) is 45.7. The topological polar surface area (TPSA) is 307 Å². The van der Waals surface area contributed by atoms with Crippen LogP contribution >= 0.6 is 11.6 Å². The molecule has 8 aromatic rings. The first-order chi connectivity index (χ1) is 59.3. The number of rotatable bonds is 27. The van der Waals surface area contributed by atoms with Crippen LogP contribution in [0.15, 0.2) is 158 Å². The molecule has 642 valence electrons. The Morgan fingerprint density at radius 3 is 0.959 bits per heavy atom. The standard InChI is InChI=1S/2C26H30N2O6.C22H21NO5.C21H18ClNO4/c1-27(2)11-12-33-24-10-7-17(13-25(24)32-3)16-34-23-6-4-5-19-20(23)15-28(26(19)31)21-9-8-18(29)14-22(21)30;1-27(2)11-12-33-25-13-17(7-10-24(25)32-3)16-34-23-6-4-5-19-20(23)15-28(26(19)31)21-9-8-18(29)14-22(21)30;1-27-16-5-2-4-14(10-16)13-28-21-7-3-6-17-18(21)12-23(22(17)26)19-9-8-15(24)11-20(19)25;22-14-6-4-13(5-7-14)12-27-20-3-1-2-16-17(20)11-23(21(16)26)18-9-8-15(24)10-19(18)25/h2*4-7,10,13,21H,8-9,11-12,14-16H2,1-3H3;2-7,10,19H,8-9,11-13H2,1H3;1-7,18H,8-12H2. The summed E-state index contributed by atoms with van der Waals surface area (Å²) in [5.74, 6) is 4.22. The van der Waals surface area contributed by atoms with Crippen molar-refractivity contribution >= 4 is 81.5 Å². The van der Waals surface area contributed by atoms with E-state index in [-0.39, 0.29) is 109 Å². The Morgan fingerprint density at radius 1 is 0.317 bits per heavy atom. The van der Waals surface area contributed by atoms with Gasteiger partial charge in [0.2, 0.25) is 0 Å². The molecule has 4 fully saturated rings. The fourth-order valence-corrected chi connectivity index (χ4v) is 16.2. The molecule has 28 heteroatoms. The molecular formula is C95H99ClN6O21. The molecule has 16 rings (SSSR count). The van der Waals surface area contributed by atoms with Crippen molar-refractivity contribution in [2.45, 2.75) is 154 Å². The highest BCUT2D eigenvalue weighted by Crippen LogP contribution is 2.41. The number of likely N-dealkylation sites (N-methyl/N-ethyl adjacent to an activating group) is 2. The van der Waals surface area contributed by atoms with Gasteiger partial charge in [-0.1, -0.05) is 72.3 Å². The van der Waals surface area contributed by atoms with Crippen LogP contribution < -0.4 is 42.6 Å². The Kier molecular flexibility index (Phi) is 29.0. The molecule has 0 bridgehead atoms. The summed E-state index contributed by atoms with van der Waals surface area (Å²) in [4.78, 5) is 158. The lowest BCUT2D eigenvalue weighted by molar-refractivity contribution is -0.134. The van der Waals surface area contributed by atoms with Gasteiger partial charge in [0.15, 0.2) is 46.1 Å². The smallest absolute Gasteiger partial charge is 0.255 e. The van der Waals surface area contributed by atoms with Crippen LogP contribution in [0.2, 0.25) is 5.02 Å². The molecule has 0 aromatic heterocycles. The zero-order valence-corrected chi connectivity index (χ0v) is 70.7. The summed E-state index contributed by atoms with van der Waals surface area (Å²) in [7, 11) is 12.8. The van der Waals surface area contributed by atoms with E-state index in [2.05, 4.69) is 0 Å². The van der Waals surface area contributed by atoms with E-state index in [0.717, 1.165) is 63.3 Å². The van der Waals surface area contributed by atoms with Gasteiger partial charge >= 0.3 is 0 Å². The zero-order valence-electron chi connectivity index (χ0n) is 69.9. The van der Waals surface area contributed by atoms with Crippen LogP contribution in [0, 0.1) is 0 Å². The number of nitrogens with zero attached hydrogens (tertiary/aromatic N) is 6. The first-order valence-corrected chi connectivity index (χ1v) is 41.4. The van der Waals surface area contributed by atoms with Crippen molar-refractivity contribution in [3.05, 3.63) is 230 Å². The van der Waals surface area contributed by atoms with E-state index >= 15 is 0 Å². The van der Waals surface area contributed by atoms with E-state index in [1.54, 1.807) is 102 Å². The number of halogens is 1. The van der Waals surface area contributed by atoms with Gasteiger partial charge in [-0.25, -0.2) is 0 Å². The lowest BCUT2D eigenvalue weighted by Crippen LogP contribution is -2.44. The van der Waals surface area contributed by atoms with Crippen LogP contribution in [0.4, 0.5) is 0 Å². The van der Waals surface area contributed by atoms with Crippen molar-refractivity contribution in [1.82, 2.24) is 29.4 Å². The van der Waals surface area contributed by atoms with Crippen LogP contribution in [0.25, 0.3) is 0 Å². The van der Waals surface area contributed by atoms with Crippen molar-refractivity contribution in [2.75, 3.05) is 75.8 Å². The van der Waals surface area contributed by atoms with Gasteiger partial charge in [-0.15, -0.1) is 0 Å². The van der Waals surface area contributed by atoms with E-state index in [9.17, 15) is 57.5 Å². The first-order valence-electron chi connectivity index (χ1n) is 41.0. The molecule has 0 saturated heterocycles. The second-order valence-electron chi connectivity index (χ2n) is 31.7. The molecule has 123 heavy (non-hydrogen) atoms. The lowest BCUT2D eigenvalue weighted by Gasteiger charge is -2.29. The molecule has 8 aromatic carbocycles. The number of Topliss-reactive ketones (excluding diaryl/α,β-unsaturated/α-hetero) is 8. The molecule has 0 spiro atoms. The number of hydrogen-bond donors (Lipinski definition) is 0. The predicted octanol–water partition coefficient (Wildman–Crippen LogP) is 12.2. The average molecular weight is 1700 g/mol. The Labute approximate surface area is 718 Å². The van der Waals surface area contributed by atoms with Gasteiger partial charge in [-0.05, 0) is 173 Å². The van der Waals surface area contributed by atoms with Crippen molar-refractivity contribution < 1.29 is 100 Å². The number of benzene rings is 8. The highest BCUT2D eigenvalue weighted by atomic mass is 35.5. The van der Waals surface area contributed by atoms with Crippen molar-refractivity contribution in [2.24, 2.45) is 0 Å². The van der Waals surface area contributed by atoms with E-state index in [0.29, 0.717) is 177 Å². The second-order valence-corrected chi connectivity index (χ2v) is 32.1. The Morgan fingerprint density at radius 2 is 0.626 bits per heavy atom. The summed E-state index contributed by atoms with van der Waals surface area (Å²) < 4.78 is 52.0. The molecule has 4 aliphatic carbocycles. The Hall–Kier alpha value is -12.6. The highest BCUT2D eigenvalue weighted by Gasteiger charge is 2.45. The van der Waals surface area contributed by atoms with Gasteiger partial charge in [0.05, 0.1) is 97.4 Å². The number of methoxy groups -OCH3 is 3. The Bertz CT molecular complexity index is 5380. The molecular weight excluding hydrogens is 1600 g/mol. The van der Waals surface area contributed by atoms with E-state index in [4.69, 9.17) is 54.2 Å². The van der Waals surface area contributed by atoms with Crippen LogP contribution in [0.1, 0.15) is 163 Å². The third-order valence-electron chi connectivity index (χ3n) is 22.7. The van der Waals surface area contributed by atoms with Gasteiger partial charge in [0, 0.05) is 88.3 Å². The molecule has 0 radical (unpaired) electrons. The average Bonchev–Trinajstić information content (AvgIpc) is 1.64. The minimum absolute atomic E-state index is 0.0484. The minimum Gasteiger partial charge on any atom is -0.497 e. The van der Waals surface area contributed by atoms with Gasteiger partial charge in [-0.2, -0.15) is 0 Å². The summed E-state index contributed by atoms with van der Waals surface area (Å²) in [6.07, 6.45) is 2.57. The van der Waals surface area contributed by atoms with Crippen LogP contribution in [0.3, 0.4) is 0 Å². The van der Waals surface area contributed by atoms with Crippen molar-refractivity contribution in [3.8, 4) is 51.7 Å². The maximum atomic E-state index is 13.0. The summed E-state index contributed by atoms with van der Waals surface area (Å²) in [6.45, 7) is 5.20. The van der Waals surface area contributed by atoms with Gasteiger partial charge in [0.25, 0.3) is 23.6 Å². The highest BCUT2D eigenvalue weighted by molar-refractivity contribution is 6.30. The number of ketones is 8. The second kappa shape index (κ2) is 40.4. The fourth-order valence-electron chi connectivity index (χ4n) is 16.1. The number of hydrogen-bond acceptors (Lipinski definition) is 23. The summed E-state index contributed by atoms with van der Waals surface area (Å²) in [5, 5.41) is 0.663. The van der Waals surface area contributed by atoms with E-state index in [1.165, 1.54) is 0 Å². The number of amides is 4. The SMILES string of the molecule is COc1cc(COc2cccc3c2CN(C2CCC(=O)CC2=O)C3=O)ccc1OCCN(C)C.COc1ccc(COc2cccc3c2CN(C2CCC(=O)CC2=O)C3=O)cc1OCCN(C)C.COc1cccc(COc2cccc3c2CN(C2CCC(=O)CC2=O)C3=O)c1.O=C1CCC(N2Cc3c(OCc4ccc(Cl)cc4)cccc3C2=O)C(=O)C1. The zero-order chi connectivity index (χ0) is 87.1. The van der Waals surface area contributed by atoms with E-state index < -0.39 is 24.2 Å². The van der Waals surface area contributed by atoms with Crippen LogP contribution in [-0.2, 0) is 91.0 Å². The lowest BCUT2D eigenvalue weighted by atomic mass is 9.92. The van der Waals surface area contributed by atoms with Crippen LogP contribution in [0.5, 0.6) is 51.7 Å². The van der Waals surface area contributed by atoms with Gasteiger partial charge < -0.3 is 72.0 Å². The molecule has 4 amide bonds. The van der Waals surface area contributed by atoms with Crippen LogP contribution in [-0.4, -0.2) is 199 Å². The minimum atomic E-state index is -0.547. The number of ether oxygens (including phenoxy) is 9. The normalized spacial score (nSPS) is 18.4. The first kappa shape index (κ1) is 88.2. The third kappa shape index (κ3) is 21.3. The van der Waals surface area contributed by atoms with Gasteiger partial charge in [0.1, 0.15) is 91.5 Å². The number of carbonyl (C=O) groups excluding carboxylic acids is 12. The third-order valence-corrected chi connectivity index (χ3v) is 23.0. The number of fused-ring (bicyclic) bond motifs is 4. The molecule has 0 N–H and O–H groups in total. The number of carbonyl (C=O) groups is 12. The largest absolute Gasteiger partial charge is 0.497 e. The molecule has 27 nitrogen and oxygen atoms in total. The van der Waals surface area contributed by atoms with Crippen molar-refractivity contribution in [1.29, 1.82) is 0 Å². The predicted molar refractivity (Wildman–Crippen MR) is 452 cm³/mol. The maximum absolute atomic E-state index is 13.0. The molecule has 4 atom stereocenters. The quantitative estimate of drug-likeness (QED) is 0.0432. The van der Waals surface area contributed by atoms with Gasteiger partial charge in [-0.3, -0.25) is 57.5 Å². The Balaban J connectivity index is 0.000000142. The summed E-state index contributed by atoms with van der Waals surface area (Å²) >= 11 is 5.90. The molecule has 4 aliphatic heterocycles. The molecule has 8 aliphatic rings. The monoisotopic (exact) mass is 1690 g/mol. The molecule has 4 unspecified atom stereocenters.